The van der Waals surface area contributed by atoms with Crippen LogP contribution < -0.4 is 5.32 Å². The van der Waals surface area contributed by atoms with E-state index in [0.717, 1.165) is 29.5 Å². The lowest BCUT2D eigenvalue weighted by atomic mass is 10.0. The van der Waals surface area contributed by atoms with Gasteiger partial charge in [-0.1, -0.05) is 35.8 Å². The van der Waals surface area contributed by atoms with Crippen LogP contribution in [0.2, 0.25) is 0 Å². The molecule has 15 heavy (non-hydrogen) atoms. The van der Waals surface area contributed by atoms with Gasteiger partial charge < -0.3 is 5.32 Å². The van der Waals surface area contributed by atoms with Crippen LogP contribution in [0.25, 0.3) is 0 Å². The minimum Gasteiger partial charge on any atom is -0.316 e. The summed E-state index contributed by atoms with van der Waals surface area (Å²) in [7, 11) is 0. The van der Waals surface area contributed by atoms with Crippen LogP contribution in [0, 0.1) is 5.82 Å². The van der Waals surface area contributed by atoms with Gasteiger partial charge in [-0.05, 0) is 36.6 Å². The standard InChI is InChI=1S/C12H17BrFN/c1-3-6-15-8-9(2)11-5-4-10(14)7-12(11)13/h4-5,7,9,15H,3,6,8H2,1-2H3. The van der Waals surface area contributed by atoms with E-state index in [4.69, 9.17) is 0 Å². The van der Waals surface area contributed by atoms with Gasteiger partial charge in [-0.3, -0.25) is 0 Å². The van der Waals surface area contributed by atoms with Crippen LogP contribution in [0.3, 0.4) is 0 Å². The Morgan fingerprint density at radius 3 is 2.80 bits per heavy atom. The number of nitrogens with one attached hydrogen (secondary N) is 1. The molecule has 0 fully saturated rings. The van der Waals surface area contributed by atoms with Crippen LogP contribution in [0.5, 0.6) is 0 Å². The Balaban J connectivity index is 2.61. The molecule has 0 aliphatic carbocycles. The summed E-state index contributed by atoms with van der Waals surface area (Å²) in [6.07, 6.45) is 1.14. The van der Waals surface area contributed by atoms with Gasteiger partial charge in [0.1, 0.15) is 5.82 Å². The topological polar surface area (TPSA) is 12.0 Å². The highest BCUT2D eigenvalue weighted by Crippen LogP contribution is 2.25. The molecular formula is C12H17BrFN. The second-order valence-corrected chi connectivity index (χ2v) is 4.63. The molecule has 0 radical (unpaired) electrons. The zero-order valence-corrected chi connectivity index (χ0v) is 10.8. The molecule has 1 aromatic rings. The van der Waals surface area contributed by atoms with Crippen molar-refractivity contribution in [3.63, 3.8) is 0 Å². The fourth-order valence-corrected chi connectivity index (χ4v) is 2.25. The molecule has 1 unspecified atom stereocenters. The monoisotopic (exact) mass is 273 g/mol. The Kier molecular flexibility index (Phi) is 5.26. The first-order valence-electron chi connectivity index (χ1n) is 5.30. The van der Waals surface area contributed by atoms with Gasteiger partial charge in [-0.25, -0.2) is 4.39 Å². The van der Waals surface area contributed by atoms with Gasteiger partial charge in [-0.2, -0.15) is 0 Å². The lowest BCUT2D eigenvalue weighted by Gasteiger charge is -2.14. The van der Waals surface area contributed by atoms with Gasteiger partial charge in [0.05, 0.1) is 0 Å². The molecule has 0 bridgehead atoms. The van der Waals surface area contributed by atoms with Crippen molar-refractivity contribution in [2.75, 3.05) is 13.1 Å². The van der Waals surface area contributed by atoms with Crippen molar-refractivity contribution in [3.8, 4) is 0 Å². The fourth-order valence-electron chi connectivity index (χ4n) is 1.51. The zero-order chi connectivity index (χ0) is 11.3. The van der Waals surface area contributed by atoms with Crippen molar-refractivity contribution in [2.24, 2.45) is 0 Å². The van der Waals surface area contributed by atoms with Crippen LogP contribution in [-0.2, 0) is 0 Å². The molecule has 1 rings (SSSR count). The predicted octanol–water partition coefficient (Wildman–Crippen LogP) is 3.69. The maximum absolute atomic E-state index is 12.9. The van der Waals surface area contributed by atoms with Crippen LogP contribution in [-0.4, -0.2) is 13.1 Å². The van der Waals surface area contributed by atoms with Crippen molar-refractivity contribution in [2.45, 2.75) is 26.2 Å². The molecular weight excluding hydrogens is 257 g/mol. The summed E-state index contributed by atoms with van der Waals surface area (Å²) >= 11 is 3.39. The smallest absolute Gasteiger partial charge is 0.124 e. The lowest BCUT2D eigenvalue weighted by molar-refractivity contribution is 0.601. The molecule has 0 amide bonds. The average Bonchev–Trinajstić information content (AvgIpc) is 2.17. The number of hydrogen-bond donors (Lipinski definition) is 1. The third-order valence-corrected chi connectivity index (χ3v) is 3.06. The summed E-state index contributed by atoms with van der Waals surface area (Å²) < 4.78 is 13.7. The zero-order valence-electron chi connectivity index (χ0n) is 9.19. The summed E-state index contributed by atoms with van der Waals surface area (Å²) in [5, 5.41) is 3.36. The minimum atomic E-state index is -0.195. The van der Waals surface area contributed by atoms with Crippen LogP contribution in [0.4, 0.5) is 4.39 Å². The number of rotatable bonds is 5. The quantitative estimate of drug-likeness (QED) is 0.807. The van der Waals surface area contributed by atoms with Crippen molar-refractivity contribution >= 4 is 15.9 Å². The lowest BCUT2D eigenvalue weighted by Crippen LogP contribution is -2.20. The molecule has 0 aliphatic rings. The Morgan fingerprint density at radius 2 is 2.20 bits per heavy atom. The molecule has 3 heteroatoms. The molecule has 0 saturated heterocycles. The van der Waals surface area contributed by atoms with Crippen molar-refractivity contribution in [1.29, 1.82) is 0 Å². The third kappa shape index (κ3) is 3.92. The van der Waals surface area contributed by atoms with E-state index in [1.165, 1.54) is 12.1 Å². The highest BCUT2D eigenvalue weighted by molar-refractivity contribution is 9.10. The molecule has 1 nitrogen and oxygen atoms in total. The summed E-state index contributed by atoms with van der Waals surface area (Å²) in [5.74, 6) is 0.200. The number of hydrogen-bond acceptors (Lipinski definition) is 1. The fraction of sp³-hybridized carbons (Fsp3) is 0.500. The van der Waals surface area contributed by atoms with Crippen LogP contribution in [0.1, 0.15) is 31.7 Å². The Hall–Kier alpha value is -0.410. The molecule has 1 aromatic carbocycles. The molecule has 84 valence electrons. The van der Waals surface area contributed by atoms with E-state index in [0.29, 0.717) is 5.92 Å². The largest absolute Gasteiger partial charge is 0.316 e. The minimum absolute atomic E-state index is 0.195. The summed E-state index contributed by atoms with van der Waals surface area (Å²) in [5.41, 5.74) is 1.15. The maximum Gasteiger partial charge on any atom is 0.124 e. The second kappa shape index (κ2) is 6.23. The van der Waals surface area contributed by atoms with E-state index in [2.05, 4.69) is 35.1 Å². The first-order chi connectivity index (χ1) is 7.15. The molecule has 0 aliphatic heterocycles. The van der Waals surface area contributed by atoms with E-state index >= 15 is 0 Å². The van der Waals surface area contributed by atoms with Crippen molar-refractivity contribution in [1.82, 2.24) is 5.32 Å². The summed E-state index contributed by atoms with van der Waals surface area (Å²) in [6.45, 7) is 6.24. The third-order valence-electron chi connectivity index (χ3n) is 2.37. The summed E-state index contributed by atoms with van der Waals surface area (Å²) in [6, 6.07) is 4.87. The van der Waals surface area contributed by atoms with Gasteiger partial charge >= 0.3 is 0 Å². The number of benzene rings is 1. The first kappa shape index (κ1) is 12.7. The molecule has 0 saturated carbocycles. The van der Waals surface area contributed by atoms with Gasteiger partial charge in [0.15, 0.2) is 0 Å². The highest BCUT2D eigenvalue weighted by atomic mass is 79.9. The highest BCUT2D eigenvalue weighted by Gasteiger charge is 2.09. The van der Waals surface area contributed by atoms with E-state index in [1.807, 2.05) is 6.07 Å². The van der Waals surface area contributed by atoms with Gasteiger partial charge in [0.25, 0.3) is 0 Å². The molecule has 0 aromatic heterocycles. The molecule has 0 spiro atoms. The van der Waals surface area contributed by atoms with Gasteiger partial charge in [0.2, 0.25) is 0 Å². The van der Waals surface area contributed by atoms with Gasteiger partial charge in [-0.15, -0.1) is 0 Å². The molecule has 1 N–H and O–H groups in total. The van der Waals surface area contributed by atoms with Crippen LogP contribution in [0.15, 0.2) is 22.7 Å². The van der Waals surface area contributed by atoms with E-state index in [9.17, 15) is 4.39 Å². The van der Waals surface area contributed by atoms with E-state index in [-0.39, 0.29) is 5.82 Å². The first-order valence-corrected chi connectivity index (χ1v) is 6.10. The van der Waals surface area contributed by atoms with Crippen LogP contribution >= 0.6 is 15.9 Å². The Labute approximate surface area is 99.2 Å². The molecule has 1 atom stereocenters. The predicted molar refractivity (Wildman–Crippen MR) is 65.7 cm³/mol. The Bertz CT molecular complexity index is 314. The Morgan fingerprint density at radius 1 is 1.47 bits per heavy atom. The van der Waals surface area contributed by atoms with Gasteiger partial charge in [0, 0.05) is 11.0 Å². The SMILES string of the molecule is CCCNCC(C)c1ccc(F)cc1Br. The maximum atomic E-state index is 12.9. The van der Waals surface area contributed by atoms with E-state index < -0.39 is 0 Å². The summed E-state index contributed by atoms with van der Waals surface area (Å²) in [4.78, 5) is 0. The number of halogens is 2. The average molecular weight is 274 g/mol. The van der Waals surface area contributed by atoms with Crippen molar-refractivity contribution in [3.05, 3.63) is 34.1 Å². The second-order valence-electron chi connectivity index (χ2n) is 3.77. The normalized spacial score (nSPS) is 12.8. The molecule has 0 heterocycles. The van der Waals surface area contributed by atoms with Crippen molar-refractivity contribution < 1.29 is 4.39 Å². The van der Waals surface area contributed by atoms with E-state index in [1.54, 1.807) is 0 Å².